The molecule has 9 heteroatoms. The van der Waals surface area contributed by atoms with Gasteiger partial charge in [-0.05, 0) is 24.6 Å². The van der Waals surface area contributed by atoms with Crippen LogP contribution in [0.25, 0.3) is 11.5 Å². The largest absolute Gasteiger partial charge is 0.253 e. The highest BCUT2D eigenvalue weighted by Crippen LogP contribution is 2.20. The maximum atomic E-state index is 9.37. The Morgan fingerprint density at radius 2 is 2.00 bits per heavy atom. The van der Waals surface area contributed by atoms with E-state index in [0.29, 0.717) is 23.4 Å². The van der Waals surface area contributed by atoms with Crippen LogP contribution in [-0.4, -0.2) is 34.3 Å². The molecule has 0 amide bonds. The molecule has 0 saturated heterocycles. The van der Waals surface area contributed by atoms with Gasteiger partial charge in [-0.3, -0.25) is 0 Å². The Bertz CT molecular complexity index is 1240. The standard InChI is InChI=1S/C19H15N9/c1-2-4-15-16(23-12-27-19(15)25-17(11-21)26-27)9-14-6-8-24-28(14)18-13(10-20)5-3-7-22-18/h3,5-8,12H,2,4,9H2,1H3. The second kappa shape index (κ2) is 7.25. The lowest BCUT2D eigenvalue weighted by molar-refractivity contribution is 0.774. The van der Waals surface area contributed by atoms with Crippen molar-refractivity contribution in [3.8, 4) is 18.0 Å². The van der Waals surface area contributed by atoms with Gasteiger partial charge in [0, 0.05) is 24.4 Å². The van der Waals surface area contributed by atoms with Crippen molar-refractivity contribution in [3.05, 3.63) is 65.3 Å². The molecule has 28 heavy (non-hydrogen) atoms. The van der Waals surface area contributed by atoms with Gasteiger partial charge >= 0.3 is 0 Å². The molecule has 9 nitrogen and oxygen atoms in total. The first-order chi connectivity index (χ1) is 13.7. The Balaban J connectivity index is 1.80. The maximum absolute atomic E-state index is 9.37. The molecule has 136 valence electrons. The molecule has 4 aromatic rings. The third-order valence-electron chi connectivity index (χ3n) is 4.35. The van der Waals surface area contributed by atoms with Crippen LogP contribution < -0.4 is 0 Å². The lowest BCUT2D eigenvalue weighted by Gasteiger charge is -2.11. The second-order valence-electron chi connectivity index (χ2n) is 6.13. The monoisotopic (exact) mass is 369 g/mol. The normalized spacial score (nSPS) is 10.7. The van der Waals surface area contributed by atoms with Crippen LogP contribution in [0.3, 0.4) is 0 Å². The molecule has 4 heterocycles. The molecular weight excluding hydrogens is 354 g/mol. The van der Waals surface area contributed by atoms with E-state index < -0.39 is 0 Å². The van der Waals surface area contributed by atoms with Crippen LogP contribution in [0.5, 0.6) is 0 Å². The van der Waals surface area contributed by atoms with Crippen LogP contribution in [0.15, 0.2) is 36.9 Å². The molecule has 0 aromatic carbocycles. The highest BCUT2D eigenvalue weighted by atomic mass is 15.3. The van der Waals surface area contributed by atoms with Gasteiger partial charge in [-0.2, -0.15) is 20.6 Å². The molecule has 0 fully saturated rings. The third-order valence-corrected chi connectivity index (χ3v) is 4.35. The minimum Gasteiger partial charge on any atom is -0.240 e. The zero-order valence-corrected chi connectivity index (χ0v) is 15.1. The van der Waals surface area contributed by atoms with E-state index in [-0.39, 0.29) is 5.82 Å². The zero-order chi connectivity index (χ0) is 19.5. The van der Waals surface area contributed by atoms with Crippen LogP contribution in [-0.2, 0) is 12.8 Å². The maximum Gasteiger partial charge on any atom is 0.253 e. The Kier molecular flexibility index (Phi) is 4.48. The Labute approximate surface area is 160 Å². The van der Waals surface area contributed by atoms with E-state index in [1.165, 1.54) is 4.52 Å². The Morgan fingerprint density at radius 3 is 2.79 bits per heavy atom. The van der Waals surface area contributed by atoms with E-state index in [0.717, 1.165) is 29.8 Å². The van der Waals surface area contributed by atoms with Crippen molar-refractivity contribution >= 4 is 5.65 Å². The van der Waals surface area contributed by atoms with Crippen molar-refractivity contribution in [1.82, 2.24) is 34.3 Å². The van der Waals surface area contributed by atoms with Crippen LogP contribution in [0, 0.1) is 22.7 Å². The van der Waals surface area contributed by atoms with E-state index in [1.807, 2.05) is 12.1 Å². The summed E-state index contributed by atoms with van der Waals surface area (Å²) in [5, 5.41) is 26.9. The molecule has 0 saturated carbocycles. The molecule has 0 radical (unpaired) electrons. The van der Waals surface area contributed by atoms with Gasteiger partial charge in [0.1, 0.15) is 18.5 Å². The SMILES string of the molecule is CCCc1c(Cc2ccnn2-c2ncccc2C#N)ncn2nc(C#N)nc12. The van der Waals surface area contributed by atoms with Gasteiger partial charge in [-0.25, -0.2) is 19.2 Å². The number of aryl methyl sites for hydroxylation is 1. The van der Waals surface area contributed by atoms with Crippen molar-refractivity contribution in [2.75, 3.05) is 0 Å². The summed E-state index contributed by atoms with van der Waals surface area (Å²) in [5.41, 5.74) is 3.73. The van der Waals surface area contributed by atoms with Gasteiger partial charge < -0.3 is 0 Å². The first-order valence-electron chi connectivity index (χ1n) is 8.76. The topological polar surface area (TPSA) is 121 Å². The first-order valence-corrected chi connectivity index (χ1v) is 8.76. The zero-order valence-electron chi connectivity index (χ0n) is 15.1. The summed E-state index contributed by atoms with van der Waals surface area (Å²) in [6.07, 6.45) is 7.03. The number of aromatic nitrogens is 7. The quantitative estimate of drug-likeness (QED) is 0.527. The summed E-state index contributed by atoms with van der Waals surface area (Å²) in [7, 11) is 0. The number of fused-ring (bicyclic) bond motifs is 1. The highest BCUT2D eigenvalue weighted by Gasteiger charge is 2.17. The minimum absolute atomic E-state index is 0.119. The lowest BCUT2D eigenvalue weighted by Crippen LogP contribution is -2.10. The fourth-order valence-electron chi connectivity index (χ4n) is 3.13. The summed E-state index contributed by atoms with van der Waals surface area (Å²) >= 11 is 0. The molecule has 4 aromatic heterocycles. The predicted octanol–water partition coefficient (Wildman–Crippen LogP) is 1.99. The van der Waals surface area contributed by atoms with Gasteiger partial charge in [0.25, 0.3) is 5.82 Å². The molecule has 0 atom stereocenters. The lowest BCUT2D eigenvalue weighted by atomic mass is 10.1. The molecule has 0 aliphatic heterocycles. The summed E-state index contributed by atoms with van der Waals surface area (Å²) in [6.45, 7) is 2.08. The summed E-state index contributed by atoms with van der Waals surface area (Å²) in [6, 6.07) is 9.42. The molecule has 0 aliphatic carbocycles. The van der Waals surface area contributed by atoms with E-state index in [1.54, 1.807) is 35.5 Å². The Hall–Kier alpha value is -4.11. The van der Waals surface area contributed by atoms with Crippen molar-refractivity contribution in [1.29, 1.82) is 10.5 Å². The molecule has 0 aliphatic rings. The van der Waals surface area contributed by atoms with Gasteiger partial charge in [0.2, 0.25) is 0 Å². The fourth-order valence-corrected chi connectivity index (χ4v) is 3.13. The van der Waals surface area contributed by atoms with E-state index in [9.17, 15) is 5.26 Å². The minimum atomic E-state index is 0.119. The predicted molar refractivity (Wildman–Crippen MR) is 98.4 cm³/mol. The summed E-state index contributed by atoms with van der Waals surface area (Å²) in [5.74, 6) is 0.603. The second-order valence-corrected chi connectivity index (χ2v) is 6.13. The van der Waals surface area contributed by atoms with Crippen molar-refractivity contribution in [3.63, 3.8) is 0 Å². The van der Waals surface area contributed by atoms with Gasteiger partial charge in [0.15, 0.2) is 11.5 Å². The third kappa shape index (κ3) is 2.95. The molecule has 0 unspecified atom stereocenters. The van der Waals surface area contributed by atoms with E-state index >= 15 is 0 Å². The van der Waals surface area contributed by atoms with Crippen LogP contribution >= 0.6 is 0 Å². The average Bonchev–Trinajstić information content (AvgIpc) is 3.36. The van der Waals surface area contributed by atoms with E-state index in [2.05, 4.69) is 38.1 Å². The van der Waals surface area contributed by atoms with Crippen LogP contribution in [0.4, 0.5) is 0 Å². The number of hydrogen-bond donors (Lipinski definition) is 0. The van der Waals surface area contributed by atoms with Crippen molar-refractivity contribution in [2.24, 2.45) is 0 Å². The van der Waals surface area contributed by atoms with E-state index in [4.69, 9.17) is 5.26 Å². The average molecular weight is 369 g/mol. The van der Waals surface area contributed by atoms with Gasteiger partial charge in [0.05, 0.1) is 17.0 Å². The summed E-state index contributed by atoms with van der Waals surface area (Å²) in [4.78, 5) is 13.2. The smallest absolute Gasteiger partial charge is 0.240 e. The molecular formula is C19H15N9. The van der Waals surface area contributed by atoms with Crippen molar-refractivity contribution < 1.29 is 0 Å². The number of pyridine rings is 1. The molecule has 0 bridgehead atoms. The van der Waals surface area contributed by atoms with Gasteiger partial charge in [-0.1, -0.05) is 13.3 Å². The highest BCUT2D eigenvalue weighted by molar-refractivity contribution is 5.51. The van der Waals surface area contributed by atoms with Crippen LogP contribution in [0.1, 0.15) is 41.7 Å². The summed E-state index contributed by atoms with van der Waals surface area (Å²) < 4.78 is 3.20. The number of nitriles is 2. The number of nitrogens with zero attached hydrogens (tertiary/aromatic N) is 9. The molecule has 0 spiro atoms. The van der Waals surface area contributed by atoms with Crippen molar-refractivity contribution in [2.45, 2.75) is 26.2 Å². The first kappa shape index (κ1) is 17.3. The molecule has 4 rings (SSSR count). The fraction of sp³-hybridized carbons (Fsp3) is 0.211. The Morgan fingerprint density at radius 1 is 1.11 bits per heavy atom. The number of hydrogen-bond acceptors (Lipinski definition) is 7. The van der Waals surface area contributed by atoms with Crippen LogP contribution in [0.2, 0.25) is 0 Å². The van der Waals surface area contributed by atoms with Gasteiger partial charge in [-0.15, -0.1) is 5.10 Å². The molecule has 0 N–H and O–H groups in total. The number of rotatable bonds is 5.